The van der Waals surface area contributed by atoms with Crippen LogP contribution in [0.3, 0.4) is 0 Å². The lowest BCUT2D eigenvalue weighted by atomic mass is 9.77. The Labute approximate surface area is 123 Å². The highest BCUT2D eigenvalue weighted by Crippen LogP contribution is 2.35. The van der Waals surface area contributed by atoms with E-state index in [1.807, 2.05) is 42.5 Å². The predicted molar refractivity (Wildman–Crippen MR) is 82.4 cm³/mol. The maximum absolute atomic E-state index is 12.2. The molecule has 2 aromatic carbocycles. The van der Waals surface area contributed by atoms with Crippen molar-refractivity contribution in [2.24, 2.45) is 0 Å². The third-order valence-electron chi connectivity index (χ3n) is 3.78. The third kappa shape index (κ3) is 2.56. The van der Waals surface area contributed by atoms with Gasteiger partial charge in [0.05, 0.1) is 5.92 Å². The number of anilines is 1. The van der Waals surface area contributed by atoms with E-state index < -0.39 is 0 Å². The van der Waals surface area contributed by atoms with Gasteiger partial charge in [-0.15, -0.1) is 11.6 Å². The minimum absolute atomic E-state index is 0.00582. The Kier molecular flexibility index (Phi) is 3.75. The van der Waals surface area contributed by atoms with Crippen molar-refractivity contribution in [3.05, 3.63) is 65.2 Å². The van der Waals surface area contributed by atoms with Gasteiger partial charge in [0.15, 0.2) is 0 Å². The average Bonchev–Trinajstić information content (AvgIpc) is 2.43. The van der Waals surface area contributed by atoms with Gasteiger partial charge in [0.2, 0.25) is 5.91 Å². The van der Waals surface area contributed by atoms with Crippen molar-refractivity contribution in [3.8, 4) is 0 Å². The van der Waals surface area contributed by atoms with E-state index >= 15 is 0 Å². The van der Waals surface area contributed by atoms with Crippen LogP contribution in [0.15, 0.2) is 48.5 Å². The summed E-state index contributed by atoms with van der Waals surface area (Å²) in [5, 5.41) is 2.98. The normalized spacial score (nSPS) is 16.1. The number of aryl methyl sites for hydroxylation is 1. The quantitative estimate of drug-likeness (QED) is 0.852. The van der Waals surface area contributed by atoms with Crippen molar-refractivity contribution < 1.29 is 4.79 Å². The second-order valence-electron chi connectivity index (χ2n) is 5.08. The molecule has 1 aliphatic carbocycles. The molecule has 0 saturated heterocycles. The number of amides is 1. The molecule has 3 rings (SSSR count). The van der Waals surface area contributed by atoms with Gasteiger partial charge in [0.1, 0.15) is 0 Å². The first kappa shape index (κ1) is 13.2. The summed E-state index contributed by atoms with van der Waals surface area (Å²) in [5.41, 5.74) is 4.47. The van der Waals surface area contributed by atoms with Crippen LogP contribution in [0.1, 0.15) is 22.6 Å². The van der Waals surface area contributed by atoms with E-state index in [0.29, 0.717) is 5.88 Å². The number of fused-ring (bicyclic) bond motifs is 1. The summed E-state index contributed by atoms with van der Waals surface area (Å²) < 4.78 is 0. The van der Waals surface area contributed by atoms with E-state index in [1.165, 1.54) is 11.1 Å². The van der Waals surface area contributed by atoms with Crippen LogP contribution in [0.5, 0.6) is 0 Å². The molecule has 0 spiro atoms. The second-order valence-corrected chi connectivity index (χ2v) is 5.46. The minimum atomic E-state index is -0.00582. The molecule has 0 bridgehead atoms. The maximum atomic E-state index is 12.2. The SMILES string of the molecule is O=C(Nc1ccc(CCCl)cc1)C1Cc2ccccc21. The van der Waals surface area contributed by atoms with Crippen LogP contribution in [0, 0.1) is 0 Å². The fourth-order valence-corrected chi connectivity index (χ4v) is 2.80. The molecule has 0 aliphatic heterocycles. The average molecular weight is 286 g/mol. The highest BCUT2D eigenvalue weighted by Gasteiger charge is 2.31. The van der Waals surface area contributed by atoms with Crippen molar-refractivity contribution in [2.75, 3.05) is 11.2 Å². The summed E-state index contributed by atoms with van der Waals surface area (Å²) in [6.07, 6.45) is 1.69. The lowest BCUT2D eigenvalue weighted by molar-refractivity contribution is -0.118. The molecule has 0 radical (unpaired) electrons. The van der Waals surface area contributed by atoms with Crippen LogP contribution in [0.25, 0.3) is 0 Å². The molecular formula is C17H16ClNO. The molecule has 1 N–H and O–H groups in total. The molecule has 1 amide bonds. The molecule has 2 nitrogen and oxygen atoms in total. The topological polar surface area (TPSA) is 29.1 Å². The summed E-state index contributed by atoms with van der Waals surface area (Å²) in [6.45, 7) is 0. The Morgan fingerprint density at radius 2 is 1.90 bits per heavy atom. The van der Waals surface area contributed by atoms with E-state index in [0.717, 1.165) is 24.1 Å². The summed E-state index contributed by atoms with van der Waals surface area (Å²) in [4.78, 5) is 12.2. The Hall–Kier alpha value is -1.80. The number of benzene rings is 2. The van der Waals surface area contributed by atoms with Crippen molar-refractivity contribution in [1.82, 2.24) is 0 Å². The fraction of sp³-hybridized carbons (Fsp3) is 0.235. The maximum Gasteiger partial charge on any atom is 0.232 e. The molecule has 0 saturated carbocycles. The predicted octanol–water partition coefficient (Wildman–Crippen LogP) is 3.75. The van der Waals surface area contributed by atoms with Crippen molar-refractivity contribution in [3.63, 3.8) is 0 Å². The zero-order valence-corrected chi connectivity index (χ0v) is 11.9. The molecule has 0 fully saturated rings. The highest BCUT2D eigenvalue weighted by atomic mass is 35.5. The Morgan fingerprint density at radius 3 is 2.60 bits per heavy atom. The van der Waals surface area contributed by atoms with Crippen molar-refractivity contribution >= 4 is 23.2 Å². The van der Waals surface area contributed by atoms with E-state index in [4.69, 9.17) is 11.6 Å². The largest absolute Gasteiger partial charge is 0.326 e. The Bertz CT molecular complexity index is 621. The van der Waals surface area contributed by atoms with E-state index in [2.05, 4.69) is 11.4 Å². The number of carbonyl (C=O) groups is 1. The van der Waals surface area contributed by atoms with Crippen LogP contribution >= 0.6 is 11.6 Å². The van der Waals surface area contributed by atoms with Crippen molar-refractivity contribution in [1.29, 1.82) is 0 Å². The first-order valence-electron chi connectivity index (χ1n) is 6.81. The number of alkyl halides is 1. The lowest BCUT2D eigenvalue weighted by Crippen LogP contribution is -2.30. The number of rotatable bonds is 4. The molecule has 1 unspecified atom stereocenters. The number of hydrogen-bond acceptors (Lipinski definition) is 1. The molecule has 0 heterocycles. The first-order valence-corrected chi connectivity index (χ1v) is 7.35. The van der Waals surface area contributed by atoms with Crippen LogP contribution in [-0.4, -0.2) is 11.8 Å². The van der Waals surface area contributed by atoms with Gasteiger partial charge in [-0.1, -0.05) is 36.4 Å². The Morgan fingerprint density at radius 1 is 1.15 bits per heavy atom. The van der Waals surface area contributed by atoms with Gasteiger partial charge in [0.25, 0.3) is 0 Å². The summed E-state index contributed by atoms with van der Waals surface area (Å²) in [7, 11) is 0. The summed E-state index contributed by atoms with van der Waals surface area (Å²) in [5.74, 6) is 0.687. The van der Waals surface area contributed by atoms with E-state index in [1.54, 1.807) is 0 Å². The molecule has 1 aliphatic rings. The lowest BCUT2D eigenvalue weighted by Gasteiger charge is -2.28. The van der Waals surface area contributed by atoms with Crippen LogP contribution in [0.4, 0.5) is 5.69 Å². The minimum Gasteiger partial charge on any atom is -0.326 e. The molecule has 102 valence electrons. The summed E-state index contributed by atoms with van der Waals surface area (Å²) in [6, 6.07) is 16.0. The molecule has 0 aromatic heterocycles. The highest BCUT2D eigenvalue weighted by molar-refractivity contribution is 6.18. The first-order chi connectivity index (χ1) is 9.78. The van der Waals surface area contributed by atoms with Gasteiger partial charge < -0.3 is 5.32 Å². The third-order valence-corrected chi connectivity index (χ3v) is 3.96. The number of hydrogen-bond donors (Lipinski definition) is 1. The van der Waals surface area contributed by atoms with Gasteiger partial charge >= 0.3 is 0 Å². The monoisotopic (exact) mass is 285 g/mol. The molecule has 20 heavy (non-hydrogen) atoms. The summed E-state index contributed by atoms with van der Waals surface area (Å²) >= 11 is 5.71. The number of carbonyl (C=O) groups excluding carboxylic acids is 1. The van der Waals surface area contributed by atoms with Gasteiger partial charge in [-0.2, -0.15) is 0 Å². The van der Waals surface area contributed by atoms with Crippen LogP contribution in [0.2, 0.25) is 0 Å². The zero-order chi connectivity index (χ0) is 13.9. The van der Waals surface area contributed by atoms with E-state index in [-0.39, 0.29) is 11.8 Å². The fourth-order valence-electron chi connectivity index (χ4n) is 2.59. The number of halogens is 1. The molecule has 1 atom stereocenters. The molecular weight excluding hydrogens is 270 g/mol. The van der Waals surface area contributed by atoms with Gasteiger partial charge in [-0.3, -0.25) is 4.79 Å². The smallest absolute Gasteiger partial charge is 0.232 e. The van der Waals surface area contributed by atoms with Crippen LogP contribution in [-0.2, 0) is 17.6 Å². The van der Waals surface area contributed by atoms with Crippen molar-refractivity contribution in [2.45, 2.75) is 18.8 Å². The van der Waals surface area contributed by atoms with Gasteiger partial charge in [-0.25, -0.2) is 0 Å². The molecule has 3 heteroatoms. The number of nitrogens with one attached hydrogen (secondary N) is 1. The van der Waals surface area contributed by atoms with Gasteiger partial charge in [0, 0.05) is 11.6 Å². The van der Waals surface area contributed by atoms with E-state index in [9.17, 15) is 4.79 Å². The molecule has 2 aromatic rings. The Balaban J connectivity index is 1.65. The van der Waals surface area contributed by atoms with Crippen LogP contribution < -0.4 is 5.32 Å². The zero-order valence-electron chi connectivity index (χ0n) is 11.1. The van der Waals surface area contributed by atoms with Gasteiger partial charge in [-0.05, 0) is 41.7 Å². The second kappa shape index (κ2) is 5.68. The standard InChI is InChI=1S/C17H16ClNO/c18-10-9-12-5-7-14(8-6-12)19-17(20)16-11-13-3-1-2-4-15(13)16/h1-8,16H,9-11H2,(H,19,20).